The second-order valence-electron chi connectivity index (χ2n) is 3.77. The van der Waals surface area contributed by atoms with Gasteiger partial charge >= 0.3 is 0 Å². The van der Waals surface area contributed by atoms with Crippen molar-refractivity contribution in [3.05, 3.63) is 30.1 Å². The molecular weight excluding hydrogens is 136 g/mol. The molecule has 0 bridgehead atoms. The molecule has 60 valence electrons. The van der Waals surface area contributed by atoms with Gasteiger partial charge in [0, 0.05) is 6.20 Å². The average molecular weight is 151 g/mol. The van der Waals surface area contributed by atoms with E-state index in [1.165, 1.54) is 0 Å². The minimum Gasteiger partial charge on any atom is -0.326 e. The van der Waals surface area contributed by atoms with Gasteiger partial charge in [-0.2, -0.15) is 0 Å². The fraction of sp³-hybridized carbons (Fsp3) is 0.444. The van der Waals surface area contributed by atoms with Crippen molar-refractivity contribution in [1.29, 1.82) is 0 Å². The van der Waals surface area contributed by atoms with E-state index in [1.807, 2.05) is 18.3 Å². The first-order valence-corrected chi connectivity index (χ1v) is 3.78. The van der Waals surface area contributed by atoms with Gasteiger partial charge in [0.25, 0.3) is 0 Å². The van der Waals surface area contributed by atoms with Crippen LogP contribution in [0, 0.1) is 0 Å². The van der Waals surface area contributed by atoms with Gasteiger partial charge in [0.15, 0.2) is 0 Å². The summed E-state index contributed by atoms with van der Waals surface area (Å²) in [5.74, 6) is 0. The highest BCUT2D eigenvalue weighted by molar-refractivity contribution is 5.01. The Bertz CT molecular complexity index is 211. The van der Waals surface area contributed by atoms with Gasteiger partial charge in [-0.25, -0.2) is 0 Å². The Labute approximate surface area is 68.1 Å². The molecule has 0 amide bonds. The van der Waals surface area contributed by atoms with Crippen molar-refractivity contribution in [1.82, 2.24) is 4.98 Å². The van der Waals surface area contributed by atoms with Crippen LogP contribution in [0.5, 0.6) is 0 Å². The summed E-state index contributed by atoms with van der Waals surface area (Å²) in [4.78, 5) is 4.25. The smallest absolute Gasteiger partial charge is 0.121 e. The predicted molar refractivity (Wildman–Crippen MR) is 46.0 cm³/mol. The quantitative estimate of drug-likeness (QED) is 0.580. The Hall–Kier alpha value is -0.890. The van der Waals surface area contributed by atoms with Crippen LogP contribution in [0.25, 0.3) is 0 Å². The highest BCUT2D eigenvalue weighted by Crippen LogP contribution is 2.01. The van der Waals surface area contributed by atoms with Crippen molar-refractivity contribution in [3.8, 4) is 0 Å². The molecule has 0 atom stereocenters. The summed E-state index contributed by atoms with van der Waals surface area (Å²) < 4.78 is 0.928. The first kappa shape index (κ1) is 8.21. The molecule has 0 aliphatic rings. The number of nitrogens with zero attached hydrogens (tertiary/aromatic N) is 2. The monoisotopic (exact) mass is 151 g/mol. The molecule has 1 aromatic heterocycles. The molecule has 0 aliphatic carbocycles. The summed E-state index contributed by atoms with van der Waals surface area (Å²) in [6.45, 7) is 0.987. The number of aromatic nitrogens is 1. The Morgan fingerprint density at radius 3 is 2.45 bits per heavy atom. The van der Waals surface area contributed by atoms with E-state index < -0.39 is 0 Å². The average Bonchev–Trinajstić information content (AvgIpc) is 1.85. The normalized spacial score (nSPS) is 11.5. The fourth-order valence-corrected chi connectivity index (χ4v) is 0.978. The maximum absolute atomic E-state index is 4.25. The van der Waals surface area contributed by atoms with Crippen molar-refractivity contribution in [2.24, 2.45) is 0 Å². The maximum Gasteiger partial charge on any atom is 0.121 e. The van der Waals surface area contributed by atoms with Crippen LogP contribution in [-0.2, 0) is 6.54 Å². The lowest BCUT2D eigenvalue weighted by Gasteiger charge is -2.22. The minimum absolute atomic E-state index is 0.928. The molecule has 1 rings (SSSR count). The van der Waals surface area contributed by atoms with Crippen LogP contribution in [0.15, 0.2) is 24.4 Å². The van der Waals surface area contributed by atoms with Crippen molar-refractivity contribution in [2.45, 2.75) is 6.54 Å². The van der Waals surface area contributed by atoms with Crippen LogP contribution in [0.1, 0.15) is 5.69 Å². The Morgan fingerprint density at radius 1 is 1.27 bits per heavy atom. The minimum atomic E-state index is 0.928. The number of hydrogen-bond acceptors (Lipinski definition) is 1. The van der Waals surface area contributed by atoms with Gasteiger partial charge < -0.3 is 4.48 Å². The molecule has 0 unspecified atom stereocenters. The van der Waals surface area contributed by atoms with Gasteiger partial charge in [0.05, 0.1) is 26.8 Å². The zero-order chi connectivity index (χ0) is 8.32. The largest absolute Gasteiger partial charge is 0.326 e. The number of hydrogen-bond donors (Lipinski definition) is 0. The second kappa shape index (κ2) is 3.01. The van der Waals surface area contributed by atoms with Gasteiger partial charge in [-0.1, -0.05) is 6.07 Å². The third kappa shape index (κ3) is 3.14. The van der Waals surface area contributed by atoms with Crippen LogP contribution < -0.4 is 0 Å². The predicted octanol–water partition coefficient (Wildman–Crippen LogP) is 1.29. The van der Waals surface area contributed by atoms with Crippen LogP contribution in [0.3, 0.4) is 0 Å². The highest BCUT2D eigenvalue weighted by Gasteiger charge is 2.07. The standard InChI is InChI=1S/C9H15N2/c1-11(2,3)8-9-6-4-5-7-10-9/h4-7H,8H2,1-3H3/q+1. The van der Waals surface area contributed by atoms with Crippen LogP contribution in [0.2, 0.25) is 0 Å². The van der Waals surface area contributed by atoms with Crippen LogP contribution >= 0.6 is 0 Å². The molecule has 1 aromatic rings. The van der Waals surface area contributed by atoms with Gasteiger partial charge in [0.2, 0.25) is 0 Å². The topological polar surface area (TPSA) is 12.9 Å². The fourth-order valence-electron chi connectivity index (χ4n) is 0.978. The molecule has 2 nitrogen and oxygen atoms in total. The van der Waals surface area contributed by atoms with E-state index in [0.29, 0.717) is 0 Å². The van der Waals surface area contributed by atoms with E-state index >= 15 is 0 Å². The van der Waals surface area contributed by atoms with Gasteiger partial charge in [0.1, 0.15) is 6.54 Å². The maximum atomic E-state index is 4.25. The molecule has 0 saturated carbocycles. The first-order chi connectivity index (χ1) is 5.08. The summed E-state index contributed by atoms with van der Waals surface area (Å²) in [7, 11) is 6.48. The molecule has 0 aliphatic heterocycles. The Balaban J connectivity index is 2.66. The van der Waals surface area contributed by atoms with Crippen molar-refractivity contribution in [3.63, 3.8) is 0 Å². The van der Waals surface area contributed by atoms with E-state index in [1.54, 1.807) is 0 Å². The molecule has 0 N–H and O–H groups in total. The second-order valence-corrected chi connectivity index (χ2v) is 3.77. The first-order valence-electron chi connectivity index (χ1n) is 3.78. The summed E-state index contributed by atoms with van der Waals surface area (Å²) >= 11 is 0. The molecule has 0 radical (unpaired) electrons. The Morgan fingerprint density at radius 2 is 2.00 bits per heavy atom. The molecule has 2 heteroatoms. The van der Waals surface area contributed by atoms with Crippen LogP contribution in [0.4, 0.5) is 0 Å². The summed E-state index contributed by atoms with van der Waals surface area (Å²) in [5, 5.41) is 0. The number of pyridine rings is 1. The number of rotatable bonds is 2. The molecule has 1 heterocycles. The van der Waals surface area contributed by atoms with Crippen molar-refractivity contribution >= 4 is 0 Å². The molecule has 0 fully saturated rings. The van der Waals surface area contributed by atoms with E-state index in [-0.39, 0.29) is 0 Å². The lowest BCUT2D eigenvalue weighted by Crippen LogP contribution is -2.33. The van der Waals surface area contributed by atoms with E-state index in [2.05, 4.69) is 32.2 Å². The molecule has 0 aromatic carbocycles. The summed E-state index contributed by atoms with van der Waals surface area (Å²) in [5.41, 5.74) is 1.15. The van der Waals surface area contributed by atoms with E-state index in [4.69, 9.17) is 0 Å². The van der Waals surface area contributed by atoms with E-state index in [0.717, 1.165) is 16.7 Å². The zero-order valence-corrected chi connectivity index (χ0v) is 7.41. The third-order valence-electron chi connectivity index (χ3n) is 1.36. The van der Waals surface area contributed by atoms with Crippen molar-refractivity contribution < 1.29 is 4.48 Å². The zero-order valence-electron chi connectivity index (χ0n) is 7.41. The lowest BCUT2D eigenvalue weighted by molar-refractivity contribution is -0.884. The van der Waals surface area contributed by atoms with Gasteiger partial charge in [-0.3, -0.25) is 4.98 Å². The Kier molecular flexibility index (Phi) is 2.25. The third-order valence-corrected chi connectivity index (χ3v) is 1.36. The molecule has 0 spiro atoms. The lowest BCUT2D eigenvalue weighted by atomic mass is 10.3. The highest BCUT2D eigenvalue weighted by atomic mass is 15.3. The molecular formula is C9H15N2+. The molecule has 0 saturated heterocycles. The van der Waals surface area contributed by atoms with Gasteiger partial charge in [-0.15, -0.1) is 0 Å². The molecule has 11 heavy (non-hydrogen) atoms. The van der Waals surface area contributed by atoms with Crippen molar-refractivity contribution in [2.75, 3.05) is 21.1 Å². The van der Waals surface area contributed by atoms with E-state index in [9.17, 15) is 0 Å². The summed E-state index contributed by atoms with van der Waals surface area (Å²) in [6.07, 6.45) is 1.84. The van der Waals surface area contributed by atoms with Crippen LogP contribution in [-0.4, -0.2) is 30.6 Å². The number of quaternary nitrogens is 1. The SMILES string of the molecule is C[N+](C)(C)Cc1ccccn1. The summed E-state index contributed by atoms with van der Waals surface area (Å²) in [6, 6.07) is 6.03. The van der Waals surface area contributed by atoms with Gasteiger partial charge in [-0.05, 0) is 12.1 Å².